The number of anilines is 1. The van der Waals surface area contributed by atoms with E-state index in [2.05, 4.69) is 10.4 Å². The smallest absolute Gasteiger partial charge is 0.410 e. The largest absolute Gasteiger partial charge is 0.495 e. The first-order valence-electron chi connectivity index (χ1n) is 12.3. The zero-order valence-corrected chi connectivity index (χ0v) is 22.6. The summed E-state index contributed by atoms with van der Waals surface area (Å²) in [6.45, 7) is 8.67. The van der Waals surface area contributed by atoms with Gasteiger partial charge in [-0.25, -0.2) is 9.48 Å². The normalized spacial score (nSPS) is 14.4. The summed E-state index contributed by atoms with van der Waals surface area (Å²) in [4.78, 5) is 27.8. The van der Waals surface area contributed by atoms with Crippen LogP contribution in [0.2, 0.25) is 5.02 Å². The number of hydrogen-bond donors (Lipinski definition) is 1. The fraction of sp³-hybridized carbons (Fsp3) is 0.393. The van der Waals surface area contributed by atoms with Crippen molar-refractivity contribution in [3.63, 3.8) is 0 Å². The Labute approximate surface area is 222 Å². The highest BCUT2D eigenvalue weighted by molar-refractivity contribution is 6.32. The highest BCUT2D eigenvalue weighted by Crippen LogP contribution is 2.34. The quantitative estimate of drug-likeness (QED) is 0.429. The zero-order valence-electron chi connectivity index (χ0n) is 21.9. The molecule has 2 amide bonds. The molecule has 1 aromatic heterocycles. The van der Waals surface area contributed by atoms with Crippen LogP contribution in [0.1, 0.15) is 61.1 Å². The number of nitrogens with one attached hydrogen (secondary N) is 1. The van der Waals surface area contributed by atoms with Crippen molar-refractivity contribution >= 4 is 29.3 Å². The molecule has 0 aliphatic carbocycles. The summed E-state index contributed by atoms with van der Waals surface area (Å²) in [5.41, 5.74) is 3.31. The second-order valence-electron chi connectivity index (χ2n) is 10.2. The van der Waals surface area contributed by atoms with Crippen LogP contribution in [0.3, 0.4) is 0 Å². The lowest BCUT2D eigenvalue weighted by Crippen LogP contribution is -2.41. The molecular weight excluding hydrogens is 492 g/mol. The molecule has 4 rings (SSSR count). The number of aromatic nitrogens is 2. The van der Waals surface area contributed by atoms with Crippen LogP contribution in [-0.4, -0.2) is 52.5 Å². The van der Waals surface area contributed by atoms with Gasteiger partial charge < -0.3 is 19.7 Å². The van der Waals surface area contributed by atoms with E-state index >= 15 is 0 Å². The summed E-state index contributed by atoms with van der Waals surface area (Å²) >= 11 is 6.26. The molecule has 1 N–H and O–H groups in total. The summed E-state index contributed by atoms with van der Waals surface area (Å²) in [6.07, 6.45) is 2.67. The van der Waals surface area contributed by atoms with Gasteiger partial charge in [-0.1, -0.05) is 23.7 Å². The second-order valence-corrected chi connectivity index (χ2v) is 10.6. The van der Waals surface area contributed by atoms with E-state index in [1.54, 1.807) is 36.4 Å². The lowest BCUT2D eigenvalue weighted by molar-refractivity contribution is 0.0203. The number of carbonyl (C=O) groups is 2. The number of nitrogens with zero attached hydrogens (tertiary/aromatic N) is 3. The third kappa shape index (κ3) is 6.25. The molecule has 1 aliphatic rings. The standard InChI is InChI=1S/C28H33ClN4O4/c1-18-7-6-8-21(15-18)33-25(19-11-13-32(14-12-19)27(35)37-28(2,3)4)22(17-30-33)26(34)31-20-9-10-24(36-5)23(29)16-20/h6-10,15-17,19H,11-14H2,1-5H3,(H,31,34). The van der Waals surface area contributed by atoms with E-state index in [1.807, 2.05) is 56.6 Å². The number of hydrogen-bond acceptors (Lipinski definition) is 5. The van der Waals surface area contributed by atoms with Crippen LogP contribution in [0.15, 0.2) is 48.7 Å². The number of aryl methyl sites for hydroxylation is 1. The van der Waals surface area contributed by atoms with Gasteiger partial charge in [0, 0.05) is 24.7 Å². The minimum atomic E-state index is -0.548. The Bertz CT molecular complexity index is 1290. The number of amides is 2. The van der Waals surface area contributed by atoms with Crippen molar-refractivity contribution in [1.29, 1.82) is 0 Å². The molecule has 0 radical (unpaired) electrons. The molecule has 2 heterocycles. The Hall–Kier alpha value is -3.52. The van der Waals surface area contributed by atoms with Gasteiger partial charge >= 0.3 is 6.09 Å². The molecule has 3 aromatic rings. The van der Waals surface area contributed by atoms with Crippen molar-refractivity contribution in [3.05, 3.63) is 70.5 Å². The summed E-state index contributed by atoms with van der Waals surface area (Å²) in [5.74, 6) is 0.288. The average Bonchev–Trinajstić information content (AvgIpc) is 3.29. The van der Waals surface area contributed by atoms with Gasteiger partial charge in [-0.05, 0) is 76.4 Å². The van der Waals surface area contributed by atoms with E-state index in [-0.39, 0.29) is 17.9 Å². The molecule has 1 aliphatic heterocycles. The zero-order chi connectivity index (χ0) is 26.7. The molecular formula is C28H33ClN4O4. The Morgan fingerprint density at radius 3 is 2.46 bits per heavy atom. The number of benzene rings is 2. The van der Waals surface area contributed by atoms with Crippen LogP contribution in [0.25, 0.3) is 5.69 Å². The van der Waals surface area contributed by atoms with Crippen molar-refractivity contribution in [2.24, 2.45) is 0 Å². The van der Waals surface area contributed by atoms with E-state index < -0.39 is 5.60 Å². The van der Waals surface area contributed by atoms with E-state index in [9.17, 15) is 9.59 Å². The van der Waals surface area contributed by atoms with Crippen LogP contribution in [0.4, 0.5) is 10.5 Å². The number of likely N-dealkylation sites (tertiary alicyclic amines) is 1. The van der Waals surface area contributed by atoms with Crippen molar-refractivity contribution in [1.82, 2.24) is 14.7 Å². The van der Waals surface area contributed by atoms with Gasteiger partial charge in [-0.2, -0.15) is 5.10 Å². The molecule has 0 spiro atoms. The SMILES string of the molecule is COc1ccc(NC(=O)c2cnn(-c3cccc(C)c3)c2C2CCN(C(=O)OC(C)(C)C)CC2)cc1Cl. The maximum Gasteiger partial charge on any atom is 0.410 e. The summed E-state index contributed by atoms with van der Waals surface area (Å²) in [5, 5.41) is 7.97. The van der Waals surface area contributed by atoms with Crippen LogP contribution in [-0.2, 0) is 4.74 Å². The van der Waals surface area contributed by atoms with Crippen molar-refractivity contribution in [3.8, 4) is 11.4 Å². The highest BCUT2D eigenvalue weighted by Gasteiger charge is 2.32. The summed E-state index contributed by atoms with van der Waals surface area (Å²) < 4.78 is 12.6. The maximum absolute atomic E-state index is 13.5. The van der Waals surface area contributed by atoms with E-state index in [0.717, 1.165) is 16.9 Å². The van der Waals surface area contributed by atoms with Gasteiger partial charge in [-0.3, -0.25) is 4.79 Å². The van der Waals surface area contributed by atoms with E-state index in [4.69, 9.17) is 21.1 Å². The number of rotatable bonds is 5. The van der Waals surface area contributed by atoms with Gasteiger partial charge in [0.25, 0.3) is 5.91 Å². The predicted molar refractivity (Wildman–Crippen MR) is 144 cm³/mol. The minimum Gasteiger partial charge on any atom is -0.495 e. The molecule has 196 valence electrons. The van der Waals surface area contributed by atoms with Gasteiger partial charge in [0.05, 0.1) is 35.3 Å². The maximum atomic E-state index is 13.5. The Morgan fingerprint density at radius 1 is 1.11 bits per heavy atom. The second kappa shape index (κ2) is 10.8. The molecule has 0 atom stereocenters. The molecule has 0 saturated carbocycles. The van der Waals surface area contributed by atoms with Gasteiger partial charge in [0.2, 0.25) is 0 Å². The lowest BCUT2D eigenvalue weighted by atomic mass is 9.90. The van der Waals surface area contributed by atoms with Gasteiger partial charge in [-0.15, -0.1) is 0 Å². The minimum absolute atomic E-state index is 0.0295. The molecule has 9 heteroatoms. The molecule has 0 unspecified atom stereocenters. The molecule has 1 saturated heterocycles. The van der Waals surface area contributed by atoms with Gasteiger partial charge in [0.1, 0.15) is 11.4 Å². The van der Waals surface area contributed by atoms with Crippen LogP contribution < -0.4 is 10.1 Å². The van der Waals surface area contributed by atoms with Crippen molar-refractivity contribution in [2.75, 3.05) is 25.5 Å². The fourth-order valence-electron chi connectivity index (χ4n) is 4.50. The highest BCUT2D eigenvalue weighted by atomic mass is 35.5. The third-order valence-corrected chi connectivity index (χ3v) is 6.54. The van der Waals surface area contributed by atoms with Crippen LogP contribution in [0.5, 0.6) is 5.75 Å². The number of carbonyl (C=O) groups excluding carboxylic acids is 2. The average molecular weight is 525 g/mol. The Morgan fingerprint density at radius 2 is 1.84 bits per heavy atom. The monoisotopic (exact) mass is 524 g/mol. The fourth-order valence-corrected chi connectivity index (χ4v) is 4.75. The first-order chi connectivity index (χ1) is 17.6. The number of methoxy groups -OCH3 is 1. The Balaban J connectivity index is 1.62. The van der Waals surface area contributed by atoms with Crippen molar-refractivity contribution in [2.45, 2.75) is 52.1 Å². The molecule has 0 bridgehead atoms. The first-order valence-corrected chi connectivity index (χ1v) is 12.7. The first kappa shape index (κ1) is 26.5. The number of piperidine rings is 1. The van der Waals surface area contributed by atoms with Crippen molar-refractivity contribution < 1.29 is 19.1 Å². The Kier molecular flexibility index (Phi) is 7.78. The molecule has 2 aromatic carbocycles. The van der Waals surface area contributed by atoms with E-state index in [1.165, 1.54) is 0 Å². The lowest BCUT2D eigenvalue weighted by Gasteiger charge is -2.34. The predicted octanol–water partition coefficient (Wildman–Crippen LogP) is 6.21. The molecule has 37 heavy (non-hydrogen) atoms. The van der Waals surface area contributed by atoms with Gasteiger partial charge in [0.15, 0.2) is 0 Å². The van der Waals surface area contributed by atoms with E-state index in [0.29, 0.717) is 48.0 Å². The number of halogens is 1. The summed E-state index contributed by atoms with van der Waals surface area (Å²) in [6, 6.07) is 13.1. The molecule has 1 fully saturated rings. The van der Waals surface area contributed by atoms with Crippen LogP contribution in [0, 0.1) is 6.92 Å². The topological polar surface area (TPSA) is 85.7 Å². The number of ether oxygens (including phenoxy) is 2. The summed E-state index contributed by atoms with van der Waals surface area (Å²) in [7, 11) is 1.54. The third-order valence-electron chi connectivity index (χ3n) is 6.24. The van der Waals surface area contributed by atoms with Crippen LogP contribution >= 0.6 is 11.6 Å². The molecule has 8 nitrogen and oxygen atoms in total.